The zero-order chi connectivity index (χ0) is 21.8. The zero-order valence-electron chi connectivity index (χ0n) is 18.8. The Labute approximate surface area is 183 Å². The fourth-order valence-corrected chi connectivity index (χ4v) is 6.14. The Kier molecular flexibility index (Phi) is 5.38. The first-order chi connectivity index (χ1) is 14.9. The number of hydrogen-bond acceptors (Lipinski definition) is 6. The summed E-state index contributed by atoms with van der Waals surface area (Å²) in [5.41, 5.74) is 1.06. The molecule has 2 unspecified atom stereocenters. The second-order valence-corrected chi connectivity index (χ2v) is 9.86. The third-order valence-electron chi connectivity index (χ3n) is 7.95. The average Bonchev–Trinajstić information content (AvgIpc) is 3.01. The highest BCUT2D eigenvalue weighted by Crippen LogP contribution is 2.60. The molecule has 0 radical (unpaired) electrons. The molecule has 1 aromatic carbocycles. The van der Waals surface area contributed by atoms with E-state index in [4.69, 9.17) is 24.0 Å². The van der Waals surface area contributed by atoms with Gasteiger partial charge in [0.1, 0.15) is 0 Å². The van der Waals surface area contributed by atoms with Crippen LogP contribution in [0.1, 0.15) is 62.4 Å². The monoisotopic (exact) mass is 431 g/mol. The van der Waals surface area contributed by atoms with Crippen LogP contribution >= 0.6 is 0 Å². The minimum absolute atomic E-state index is 0.0978. The SMILES string of the molecule is CNC(=O)c1ccc(COC2O[C@@H]3O[C@]4(C)CCC5[C@H](C)CC[C@H]([C@H]2C)[C@]53OO4)cc1. The number of hydrogen-bond donors (Lipinski definition) is 1. The van der Waals surface area contributed by atoms with E-state index < -0.39 is 17.7 Å². The molecule has 8 atom stereocenters. The normalized spacial score (nSPS) is 43.7. The van der Waals surface area contributed by atoms with Crippen LogP contribution in [0.4, 0.5) is 0 Å². The molecule has 0 aromatic heterocycles. The van der Waals surface area contributed by atoms with Crippen molar-refractivity contribution < 1.29 is 28.8 Å². The van der Waals surface area contributed by atoms with Crippen LogP contribution in [0.15, 0.2) is 24.3 Å². The number of nitrogens with one attached hydrogen (secondary N) is 1. The van der Waals surface area contributed by atoms with Crippen LogP contribution in [0.3, 0.4) is 0 Å². The molecule has 7 heteroatoms. The van der Waals surface area contributed by atoms with E-state index in [1.54, 1.807) is 7.05 Å². The molecule has 1 aromatic rings. The summed E-state index contributed by atoms with van der Waals surface area (Å²) in [5, 5.41) is 2.63. The zero-order valence-corrected chi connectivity index (χ0v) is 18.8. The minimum Gasteiger partial charge on any atom is -0.355 e. The number of fused-ring (bicyclic) bond motifs is 2. The number of rotatable bonds is 4. The van der Waals surface area contributed by atoms with Crippen LogP contribution in [0.2, 0.25) is 0 Å². The van der Waals surface area contributed by atoms with Crippen molar-refractivity contribution in [1.82, 2.24) is 5.32 Å². The molecule has 31 heavy (non-hydrogen) atoms. The van der Waals surface area contributed by atoms with Gasteiger partial charge in [-0.1, -0.05) is 26.0 Å². The molecule has 2 bridgehead atoms. The topological polar surface area (TPSA) is 75.3 Å². The Morgan fingerprint density at radius 3 is 2.65 bits per heavy atom. The van der Waals surface area contributed by atoms with Crippen molar-refractivity contribution in [3.05, 3.63) is 35.4 Å². The van der Waals surface area contributed by atoms with E-state index >= 15 is 0 Å². The van der Waals surface area contributed by atoms with Gasteiger partial charge in [0.2, 0.25) is 5.79 Å². The first-order valence-corrected chi connectivity index (χ1v) is 11.5. The molecule has 1 N–H and O–H groups in total. The summed E-state index contributed by atoms with van der Waals surface area (Å²) in [6.07, 6.45) is 3.14. The molecule has 1 amide bonds. The molecule has 5 fully saturated rings. The smallest absolute Gasteiger partial charge is 0.251 e. The second kappa shape index (κ2) is 7.81. The van der Waals surface area contributed by atoms with Crippen LogP contribution in [-0.4, -0.2) is 36.9 Å². The third-order valence-corrected chi connectivity index (χ3v) is 7.95. The van der Waals surface area contributed by atoms with Gasteiger partial charge in [0, 0.05) is 30.9 Å². The van der Waals surface area contributed by atoms with E-state index in [0.717, 1.165) is 24.8 Å². The number of amides is 1. The van der Waals surface area contributed by atoms with Gasteiger partial charge in [-0.25, -0.2) is 9.78 Å². The van der Waals surface area contributed by atoms with Crippen molar-refractivity contribution in [1.29, 1.82) is 0 Å². The van der Waals surface area contributed by atoms with E-state index in [1.807, 2.05) is 31.2 Å². The maximum absolute atomic E-state index is 11.7. The van der Waals surface area contributed by atoms with Gasteiger partial charge < -0.3 is 19.5 Å². The average molecular weight is 432 g/mol. The van der Waals surface area contributed by atoms with Crippen LogP contribution in [0, 0.1) is 23.7 Å². The Bertz CT molecular complexity index is 830. The molecule has 5 aliphatic rings. The summed E-state index contributed by atoms with van der Waals surface area (Å²) < 4.78 is 19.1. The van der Waals surface area contributed by atoms with Crippen LogP contribution in [0.5, 0.6) is 0 Å². The largest absolute Gasteiger partial charge is 0.355 e. The highest BCUT2D eigenvalue weighted by molar-refractivity contribution is 5.93. The first-order valence-electron chi connectivity index (χ1n) is 11.5. The molecule has 1 spiro atoms. The molecule has 1 aliphatic carbocycles. The maximum Gasteiger partial charge on any atom is 0.251 e. The predicted octanol–water partition coefficient (Wildman–Crippen LogP) is 3.77. The van der Waals surface area contributed by atoms with E-state index in [-0.39, 0.29) is 24.0 Å². The quantitative estimate of drug-likeness (QED) is 0.732. The number of benzene rings is 1. The number of carbonyl (C=O) groups excluding carboxylic acids is 1. The molecule has 1 saturated carbocycles. The van der Waals surface area contributed by atoms with Gasteiger partial charge in [0.25, 0.3) is 5.91 Å². The van der Waals surface area contributed by atoms with E-state index in [9.17, 15) is 4.79 Å². The van der Waals surface area contributed by atoms with Gasteiger partial charge in [-0.2, -0.15) is 0 Å². The molecule has 6 rings (SSSR count). The molecule has 170 valence electrons. The summed E-state index contributed by atoms with van der Waals surface area (Å²) in [5.74, 6) is 0.402. The van der Waals surface area contributed by atoms with Crippen molar-refractivity contribution in [3.63, 3.8) is 0 Å². The van der Waals surface area contributed by atoms with E-state index in [0.29, 0.717) is 24.0 Å². The van der Waals surface area contributed by atoms with E-state index in [2.05, 4.69) is 19.2 Å². The molecule has 4 aliphatic heterocycles. The van der Waals surface area contributed by atoms with Crippen molar-refractivity contribution in [2.45, 2.75) is 77.0 Å². The van der Waals surface area contributed by atoms with Crippen LogP contribution in [-0.2, 0) is 30.6 Å². The third kappa shape index (κ3) is 3.42. The number of carbonyl (C=O) groups is 1. The van der Waals surface area contributed by atoms with Crippen LogP contribution in [0.25, 0.3) is 0 Å². The maximum atomic E-state index is 11.7. The predicted molar refractivity (Wildman–Crippen MR) is 111 cm³/mol. The lowest BCUT2D eigenvalue weighted by molar-refractivity contribution is -0.577. The van der Waals surface area contributed by atoms with Gasteiger partial charge >= 0.3 is 0 Å². The van der Waals surface area contributed by atoms with Crippen molar-refractivity contribution >= 4 is 5.91 Å². The molecule has 7 nitrogen and oxygen atoms in total. The Morgan fingerprint density at radius 2 is 1.90 bits per heavy atom. The Morgan fingerprint density at radius 1 is 1.13 bits per heavy atom. The lowest BCUT2D eigenvalue weighted by atomic mass is 9.58. The fourth-order valence-electron chi connectivity index (χ4n) is 6.14. The van der Waals surface area contributed by atoms with Gasteiger partial charge in [0.05, 0.1) is 6.61 Å². The molecular formula is C24H33NO6. The fraction of sp³-hybridized carbons (Fsp3) is 0.708. The highest BCUT2D eigenvalue weighted by atomic mass is 17.3. The summed E-state index contributed by atoms with van der Waals surface area (Å²) in [7, 11) is 1.63. The standard InChI is InChI=1S/C24H33NO6/c1-14-5-10-19-15(2)21(27-13-16-6-8-17(9-7-16)20(26)25-4)28-22-24(19)18(14)11-12-23(3,29-22)30-31-24/h6-9,14-15,18-19,21-22H,5,10-13H2,1-4H3,(H,25,26)/t14-,15-,18?,19-,21?,22-,23+,24-/m1/s1. The summed E-state index contributed by atoms with van der Waals surface area (Å²) in [6, 6.07) is 7.45. The molecular weight excluding hydrogens is 398 g/mol. The Hall–Kier alpha value is -1.51. The van der Waals surface area contributed by atoms with Gasteiger partial charge in [-0.3, -0.25) is 4.79 Å². The van der Waals surface area contributed by atoms with E-state index in [1.165, 1.54) is 6.42 Å². The van der Waals surface area contributed by atoms with Gasteiger partial charge in [0.15, 0.2) is 18.2 Å². The first kappa shape index (κ1) is 21.3. The summed E-state index contributed by atoms with van der Waals surface area (Å²) >= 11 is 0. The van der Waals surface area contributed by atoms with Crippen molar-refractivity contribution in [2.75, 3.05) is 7.05 Å². The number of ether oxygens (including phenoxy) is 3. The van der Waals surface area contributed by atoms with Crippen molar-refractivity contribution in [2.24, 2.45) is 23.7 Å². The van der Waals surface area contributed by atoms with Crippen molar-refractivity contribution in [3.8, 4) is 0 Å². The molecule has 4 saturated heterocycles. The van der Waals surface area contributed by atoms with Gasteiger partial charge in [-0.15, -0.1) is 0 Å². The minimum atomic E-state index is -0.779. The Balaban J connectivity index is 1.34. The highest BCUT2D eigenvalue weighted by Gasteiger charge is 2.69. The molecule has 4 heterocycles. The lowest BCUT2D eigenvalue weighted by Gasteiger charge is -2.60. The summed E-state index contributed by atoms with van der Waals surface area (Å²) in [6.45, 7) is 6.84. The second-order valence-electron chi connectivity index (χ2n) is 9.86. The van der Waals surface area contributed by atoms with Gasteiger partial charge in [-0.05, 0) is 55.7 Å². The summed E-state index contributed by atoms with van der Waals surface area (Å²) in [4.78, 5) is 23.8. The lowest BCUT2D eigenvalue weighted by Crippen LogP contribution is -2.70. The van der Waals surface area contributed by atoms with Crippen LogP contribution < -0.4 is 5.32 Å².